The summed E-state index contributed by atoms with van der Waals surface area (Å²) in [4.78, 5) is 9.31. The van der Waals surface area contributed by atoms with Crippen LogP contribution in [0.5, 0.6) is 5.75 Å². The lowest BCUT2D eigenvalue weighted by Crippen LogP contribution is -2.29. The van der Waals surface area contributed by atoms with Crippen molar-refractivity contribution >= 4 is 14.0 Å². The van der Waals surface area contributed by atoms with Gasteiger partial charge in [0.25, 0.3) is 0 Å². The van der Waals surface area contributed by atoms with Gasteiger partial charge in [0.2, 0.25) is 8.32 Å². The molecule has 3 nitrogen and oxygen atoms in total. The highest BCUT2D eigenvalue weighted by molar-refractivity contribution is 6.70. The molecule has 0 saturated carbocycles. The van der Waals surface area contributed by atoms with E-state index in [0.717, 1.165) is 28.3 Å². The minimum atomic E-state index is -1.65. The Kier molecular flexibility index (Phi) is 5.37. The predicted molar refractivity (Wildman–Crippen MR) is 100 cm³/mol. The molecule has 1 unspecified atom stereocenters. The van der Waals surface area contributed by atoms with Gasteiger partial charge in [-0.3, -0.25) is 9.98 Å². The van der Waals surface area contributed by atoms with E-state index in [0.29, 0.717) is 0 Å². The molecule has 122 valence electrons. The SMILES string of the molecule is CC(=NC(C)c1ccccc1O[Si](C)(C)C)c1ncccc1C. The van der Waals surface area contributed by atoms with Gasteiger partial charge in [-0.1, -0.05) is 24.3 Å². The number of nitrogens with zero attached hydrogens (tertiary/aromatic N) is 2. The van der Waals surface area contributed by atoms with Crippen molar-refractivity contribution in [2.45, 2.75) is 46.5 Å². The number of para-hydroxylation sites is 1. The van der Waals surface area contributed by atoms with Crippen LogP contribution in [0.2, 0.25) is 19.6 Å². The molecule has 2 rings (SSSR count). The number of benzene rings is 1. The number of aliphatic imine (C=N–C) groups is 1. The van der Waals surface area contributed by atoms with Gasteiger partial charge in [0.05, 0.1) is 17.4 Å². The van der Waals surface area contributed by atoms with E-state index in [2.05, 4.69) is 50.6 Å². The Hall–Kier alpha value is -1.94. The highest BCUT2D eigenvalue weighted by Crippen LogP contribution is 2.29. The normalized spacial score (nSPS) is 13.7. The smallest absolute Gasteiger partial charge is 0.242 e. The standard InChI is InChI=1S/C19H26N2OSi/c1-14-10-9-13-20-19(14)16(3)21-15(2)17-11-7-8-12-18(17)22-23(4,5)6/h7-13,15H,1-6H3. The Bertz CT molecular complexity index is 705. The lowest BCUT2D eigenvalue weighted by Gasteiger charge is -2.23. The lowest BCUT2D eigenvalue weighted by molar-refractivity contribution is 0.543. The summed E-state index contributed by atoms with van der Waals surface area (Å²) in [5, 5.41) is 0. The molecule has 0 aliphatic heterocycles. The Morgan fingerprint density at radius 2 is 1.83 bits per heavy atom. The van der Waals surface area contributed by atoms with Crippen LogP contribution in [0, 0.1) is 6.92 Å². The zero-order valence-electron chi connectivity index (χ0n) is 14.9. The van der Waals surface area contributed by atoms with Gasteiger partial charge in [0, 0.05) is 11.8 Å². The van der Waals surface area contributed by atoms with Crippen molar-refractivity contribution in [1.82, 2.24) is 4.98 Å². The fourth-order valence-electron chi connectivity index (χ4n) is 2.53. The first-order chi connectivity index (χ1) is 10.8. The Labute approximate surface area is 140 Å². The van der Waals surface area contributed by atoms with Crippen molar-refractivity contribution in [3.8, 4) is 5.75 Å². The maximum absolute atomic E-state index is 6.22. The second kappa shape index (κ2) is 7.09. The quantitative estimate of drug-likeness (QED) is 0.561. The van der Waals surface area contributed by atoms with Gasteiger partial charge in [-0.15, -0.1) is 0 Å². The highest BCUT2D eigenvalue weighted by Gasteiger charge is 2.20. The topological polar surface area (TPSA) is 34.5 Å². The maximum Gasteiger partial charge on any atom is 0.242 e. The van der Waals surface area contributed by atoms with Crippen molar-refractivity contribution in [3.63, 3.8) is 0 Å². The average molecular weight is 327 g/mol. The fraction of sp³-hybridized carbons (Fsp3) is 0.368. The molecule has 2 aromatic rings. The summed E-state index contributed by atoms with van der Waals surface area (Å²) in [6.07, 6.45) is 1.81. The molecular weight excluding hydrogens is 300 g/mol. The summed E-state index contributed by atoms with van der Waals surface area (Å²) >= 11 is 0. The molecule has 0 aliphatic carbocycles. The molecule has 23 heavy (non-hydrogen) atoms. The molecule has 4 heteroatoms. The van der Waals surface area contributed by atoms with Crippen LogP contribution in [0.3, 0.4) is 0 Å². The number of aryl methyl sites for hydroxylation is 1. The van der Waals surface area contributed by atoms with E-state index in [9.17, 15) is 0 Å². The Balaban J connectivity index is 2.32. The van der Waals surface area contributed by atoms with Crippen LogP contribution >= 0.6 is 0 Å². The molecule has 1 aromatic heterocycles. The van der Waals surface area contributed by atoms with Crippen LogP contribution < -0.4 is 4.43 Å². The summed E-state index contributed by atoms with van der Waals surface area (Å²) < 4.78 is 6.22. The second-order valence-corrected chi connectivity index (χ2v) is 11.2. The van der Waals surface area contributed by atoms with E-state index in [1.165, 1.54) is 0 Å². The first-order valence-corrected chi connectivity index (χ1v) is 11.4. The first-order valence-electron chi connectivity index (χ1n) is 8.02. The summed E-state index contributed by atoms with van der Waals surface area (Å²) in [6, 6.07) is 12.2. The van der Waals surface area contributed by atoms with Gasteiger partial charge >= 0.3 is 0 Å². The lowest BCUT2D eigenvalue weighted by atomic mass is 10.1. The zero-order valence-corrected chi connectivity index (χ0v) is 15.9. The van der Waals surface area contributed by atoms with Crippen molar-refractivity contribution in [2.75, 3.05) is 0 Å². The molecule has 0 spiro atoms. The molecular formula is C19H26N2OSi. The summed E-state index contributed by atoms with van der Waals surface area (Å²) in [7, 11) is -1.65. The predicted octanol–water partition coefficient (Wildman–Crippen LogP) is 5.17. The molecule has 0 bridgehead atoms. The van der Waals surface area contributed by atoms with E-state index in [-0.39, 0.29) is 6.04 Å². The van der Waals surface area contributed by atoms with Crippen LogP contribution in [0.25, 0.3) is 0 Å². The highest BCUT2D eigenvalue weighted by atomic mass is 28.4. The van der Waals surface area contributed by atoms with Crippen molar-refractivity contribution in [1.29, 1.82) is 0 Å². The molecule has 0 fully saturated rings. The third kappa shape index (κ3) is 4.76. The van der Waals surface area contributed by atoms with E-state index in [4.69, 9.17) is 9.42 Å². The van der Waals surface area contributed by atoms with Gasteiger partial charge in [-0.25, -0.2) is 0 Å². The first kappa shape index (κ1) is 17.4. The molecule has 0 amide bonds. The van der Waals surface area contributed by atoms with Crippen LogP contribution in [0.1, 0.15) is 36.7 Å². The fourth-order valence-corrected chi connectivity index (χ4v) is 3.38. The second-order valence-electron chi connectivity index (χ2n) is 6.81. The minimum absolute atomic E-state index is 0.0314. The van der Waals surface area contributed by atoms with E-state index in [1.54, 1.807) is 0 Å². The molecule has 1 aromatic carbocycles. The molecule has 1 heterocycles. The molecule has 0 N–H and O–H groups in total. The van der Waals surface area contributed by atoms with Gasteiger partial charge in [0.1, 0.15) is 5.75 Å². The van der Waals surface area contributed by atoms with Crippen LogP contribution in [0.4, 0.5) is 0 Å². The number of rotatable bonds is 5. The van der Waals surface area contributed by atoms with Crippen LogP contribution in [0.15, 0.2) is 47.6 Å². The largest absolute Gasteiger partial charge is 0.544 e. The number of hydrogen-bond acceptors (Lipinski definition) is 3. The molecule has 0 aliphatic rings. The molecule has 0 radical (unpaired) electrons. The van der Waals surface area contributed by atoms with Crippen molar-refractivity contribution in [3.05, 3.63) is 59.4 Å². The number of pyridine rings is 1. The summed E-state index contributed by atoms with van der Waals surface area (Å²) in [6.45, 7) is 12.8. The van der Waals surface area contributed by atoms with Gasteiger partial charge in [-0.05, 0) is 58.1 Å². The minimum Gasteiger partial charge on any atom is -0.544 e. The van der Waals surface area contributed by atoms with E-state index in [1.807, 2.05) is 37.4 Å². The summed E-state index contributed by atoms with van der Waals surface area (Å²) in [5.74, 6) is 0.952. The molecule has 0 saturated heterocycles. The molecule has 1 atom stereocenters. The third-order valence-corrected chi connectivity index (χ3v) is 4.36. The van der Waals surface area contributed by atoms with Gasteiger partial charge < -0.3 is 4.43 Å². The zero-order chi connectivity index (χ0) is 17.0. The Morgan fingerprint density at radius 3 is 2.48 bits per heavy atom. The van der Waals surface area contributed by atoms with E-state index < -0.39 is 8.32 Å². The number of aromatic nitrogens is 1. The van der Waals surface area contributed by atoms with Crippen LogP contribution in [-0.4, -0.2) is 19.0 Å². The van der Waals surface area contributed by atoms with E-state index >= 15 is 0 Å². The monoisotopic (exact) mass is 326 g/mol. The maximum atomic E-state index is 6.22. The van der Waals surface area contributed by atoms with Gasteiger partial charge in [0.15, 0.2) is 0 Å². The van der Waals surface area contributed by atoms with Gasteiger partial charge in [-0.2, -0.15) is 0 Å². The summed E-state index contributed by atoms with van der Waals surface area (Å²) in [5.41, 5.74) is 4.19. The average Bonchev–Trinajstić information content (AvgIpc) is 2.46. The van der Waals surface area contributed by atoms with Crippen molar-refractivity contribution < 1.29 is 4.43 Å². The van der Waals surface area contributed by atoms with Crippen LogP contribution in [-0.2, 0) is 0 Å². The number of hydrogen-bond donors (Lipinski definition) is 0. The third-order valence-electron chi connectivity index (χ3n) is 3.52. The van der Waals surface area contributed by atoms with Crippen molar-refractivity contribution in [2.24, 2.45) is 4.99 Å². The Morgan fingerprint density at radius 1 is 1.13 bits per heavy atom.